The fourth-order valence-corrected chi connectivity index (χ4v) is 2.22. The fourth-order valence-electron chi connectivity index (χ4n) is 2.22. The van der Waals surface area contributed by atoms with Gasteiger partial charge in [0.25, 0.3) is 0 Å². The number of hydrogen-bond acceptors (Lipinski definition) is 5. The van der Waals surface area contributed by atoms with Crippen molar-refractivity contribution >= 4 is 5.95 Å². The van der Waals surface area contributed by atoms with Crippen LogP contribution in [0.15, 0.2) is 48.5 Å². The van der Waals surface area contributed by atoms with Crippen LogP contribution in [0.1, 0.15) is 0 Å². The molecule has 3 rings (SSSR count). The van der Waals surface area contributed by atoms with E-state index in [2.05, 4.69) is 15.2 Å². The van der Waals surface area contributed by atoms with Crippen molar-refractivity contribution in [2.45, 2.75) is 0 Å². The Labute approximate surface area is 126 Å². The first-order chi connectivity index (χ1) is 10.7. The zero-order chi connectivity index (χ0) is 15.5. The Balaban J connectivity index is 2.27. The molecule has 22 heavy (non-hydrogen) atoms. The molecule has 3 aromatic rings. The lowest BCUT2D eigenvalue weighted by atomic mass is 10.0. The number of rotatable bonds is 3. The molecule has 0 radical (unpaired) electrons. The maximum absolute atomic E-state index is 13.9. The molecule has 0 aliphatic carbocycles. The molecule has 0 aliphatic heterocycles. The van der Waals surface area contributed by atoms with E-state index in [0.717, 1.165) is 5.56 Å². The maximum Gasteiger partial charge on any atom is 0.240 e. The van der Waals surface area contributed by atoms with Crippen LogP contribution in [0.3, 0.4) is 0 Å². The average Bonchev–Trinajstić information content (AvgIpc) is 2.55. The number of ether oxygens (including phenoxy) is 1. The summed E-state index contributed by atoms with van der Waals surface area (Å²) >= 11 is 0. The van der Waals surface area contributed by atoms with Gasteiger partial charge in [0.15, 0.2) is 11.6 Å². The van der Waals surface area contributed by atoms with Crippen LogP contribution in [-0.4, -0.2) is 22.3 Å². The number of hydrogen-bond donors (Lipinski definition) is 1. The molecule has 0 saturated carbocycles. The second-order valence-corrected chi connectivity index (χ2v) is 4.55. The van der Waals surface area contributed by atoms with Crippen LogP contribution in [0.2, 0.25) is 0 Å². The molecule has 0 atom stereocenters. The molecule has 0 unspecified atom stereocenters. The predicted molar refractivity (Wildman–Crippen MR) is 81.6 cm³/mol. The largest absolute Gasteiger partial charge is 0.493 e. The number of para-hydroxylation sites is 1. The molecule has 0 fully saturated rings. The van der Waals surface area contributed by atoms with E-state index in [9.17, 15) is 4.39 Å². The number of nitrogens with zero attached hydrogens (tertiary/aromatic N) is 3. The number of nitrogens with two attached hydrogens (primary N) is 1. The van der Waals surface area contributed by atoms with Gasteiger partial charge in [-0.25, -0.2) is 9.37 Å². The minimum Gasteiger partial charge on any atom is -0.493 e. The van der Waals surface area contributed by atoms with Crippen molar-refractivity contribution in [3.63, 3.8) is 0 Å². The molecular weight excluding hydrogens is 283 g/mol. The molecule has 0 aliphatic rings. The topological polar surface area (TPSA) is 73.9 Å². The van der Waals surface area contributed by atoms with E-state index in [1.54, 1.807) is 12.1 Å². The van der Waals surface area contributed by atoms with E-state index >= 15 is 0 Å². The summed E-state index contributed by atoms with van der Waals surface area (Å²) in [7, 11) is 1.41. The van der Waals surface area contributed by atoms with Gasteiger partial charge in [-0.2, -0.15) is 0 Å². The van der Waals surface area contributed by atoms with Crippen LogP contribution in [0.4, 0.5) is 10.3 Å². The van der Waals surface area contributed by atoms with Gasteiger partial charge < -0.3 is 10.5 Å². The minimum atomic E-state index is -0.474. The van der Waals surface area contributed by atoms with Crippen molar-refractivity contribution in [1.82, 2.24) is 15.2 Å². The van der Waals surface area contributed by atoms with Crippen molar-refractivity contribution in [3.8, 4) is 28.3 Å². The molecule has 5 nitrogen and oxygen atoms in total. The number of benzene rings is 2. The van der Waals surface area contributed by atoms with Crippen LogP contribution >= 0.6 is 0 Å². The molecule has 2 N–H and O–H groups in total. The van der Waals surface area contributed by atoms with Crippen molar-refractivity contribution in [2.75, 3.05) is 12.8 Å². The maximum atomic E-state index is 13.9. The van der Waals surface area contributed by atoms with Gasteiger partial charge in [-0.05, 0) is 12.1 Å². The summed E-state index contributed by atoms with van der Waals surface area (Å²) in [6, 6.07) is 14.0. The van der Waals surface area contributed by atoms with E-state index < -0.39 is 5.82 Å². The first-order valence-corrected chi connectivity index (χ1v) is 6.59. The van der Waals surface area contributed by atoms with E-state index in [-0.39, 0.29) is 11.7 Å². The van der Waals surface area contributed by atoms with Gasteiger partial charge in [0.2, 0.25) is 5.95 Å². The smallest absolute Gasteiger partial charge is 0.240 e. The van der Waals surface area contributed by atoms with Crippen molar-refractivity contribution in [3.05, 3.63) is 54.3 Å². The standard InChI is InChI=1S/C16H13FN4O/c1-22-15-11(8-5-9-12(15)17)14-13(19-16(18)21-20-14)10-6-3-2-4-7-10/h2-9H,1H3,(H2,18,19,21). The van der Waals surface area contributed by atoms with E-state index in [1.165, 1.54) is 13.2 Å². The highest BCUT2D eigenvalue weighted by Crippen LogP contribution is 2.35. The summed E-state index contributed by atoms with van der Waals surface area (Å²) in [6.45, 7) is 0. The number of anilines is 1. The lowest BCUT2D eigenvalue weighted by Crippen LogP contribution is -2.03. The molecule has 0 amide bonds. The lowest BCUT2D eigenvalue weighted by molar-refractivity contribution is 0.388. The SMILES string of the molecule is COc1c(F)cccc1-c1nnc(N)nc1-c1ccccc1. The Morgan fingerprint density at radius 1 is 0.955 bits per heavy atom. The summed E-state index contributed by atoms with van der Waals surface area (Å²) in [5.74, 6) is -0.323. The summed E-state index contributed by atoms with van der Waals surface area (Å²) in [5, 5.41) is 7.88. The molecular formula is C16H13FN4O. The zero-order valence-electron chi connectivity index (χ0n) is 11.8. The van der Waals surface area contributed by atoms with Gasteiger partial charge in [-0.3, -0.25) is 0 Å². The van der Waals surface area contributed by atoms with Crippen LogP contribution < -0.4 is 10.5 Å². The number of nitrogen functional groups attached to an aromatic ring is 1. The number of methoxy groups -OCH3 is 1. The molecule has 0 saturated heterocycles. The highest BCUT2D eigenvalue weighted by Gasteiger charge is 2.18. The summed E-state index contributed by atoms with van der Waals surface area (Å²) in [4.78, 5) is 4.25. The van der Waals surface area contributed by atoms with Gasteiger partial charge in [-0.15, -0.1) is 10.2 Å². The molecule has 6 heteroatoms. The molecule has 0 bridgehead atoms. The Bertz CT molecular complexity index is 808. The molecule has 2 aromatic carbocycles. The summed E-state index contributed by atoms with van der Waals surface area (Å²) in [6.07, 6.45) is 0. The lowest BCUT2D eigenvalue weighted by Gasteiger charge is -2.12. The normalized spacial score (nSPS) is 10.5. The van der Waals surface area contributed by atoms with E-state index in [1.807, 2.05) is 30.3 Å². The molecule has 1 heterocycles. The zero-order valence-corrected chi connectivity index (χ0v) is 11.8. The Kier molecular flexibility index (Phi) is 3.65. The third kappa shape index (κ3) is 2.46. The quantitative estimate of drug-likeness (QED) is 0.804. The third-order valence-corrected chi connectivity index (χ3v) is 3.18. The number of aromatic nitrogens is 3. The highest BCUT2D eigenvalue weighted by molar-refractivity contribution is 5.81. The van der Waals surface area contributed by atoms with Gasteiger partial charge in [0.05, 0.1) is 7.11 Å². The van der Waals surface area contributed by atoms with Gasteiger partial charge >= 0.3 is 0 Å². The van der Waals surface area contributed by atoms with Gasteiger partial charge in [0.1, 0.15) is 11.4 Å². The minimum absolute atomic E-state index is 0.0537. The average molecular weight is 296 g/mol. The van der Waals surface area contributed by atoms with E-state index in [0.29, 0.717) is 17.0 Å². The van der Waals surface area contributed by atoms with Crippen LogP contribution in [0.25, 0.3) is 22.5 Å². The summed E-state index contributed by atoms with van der Waals surface area (Å²) < 4.78 is 19.1. The van der Waals surface area contributed by atoms with E-state index in [4.69, 9.17) is 10.5 Å². The van der Waals surface area contributed by atoms with Crippen molar-refractivity contribution < 1.29 is 9.13 Å². The third-order valence-electron chi connectivity index (χ3n) is 3.18. The fraction of sp³-hybridized carbons (Fsp3) is 0.0625. The molecule has 1 aromatic heterocycles. The monoisotopic (exact) mass is 296 g/mol. The van der Waals surface area contributed by atoms with Crippen LogP contribution in [0.5, 0.6) is 5.75 Å². The van der Waals surface area contributed by atoms with Crippen LogP contribution in [0, 0.1) is 5.82 Å². The first-order valence-electron chi connectivity index (χ1n) is 6.59. The summed E-state index contributed by atoms with van der Waals surface area (Å²) in [5.41, 5.74) is 7.88. The molecule has 0 spiro atoms. The van der Waals surface area contributed by atoms with Crippen molar-refractivity contribution in [1.29, 1.82) is 0 Å². The Hall–Kier alpha value is -3.02. The Morgan fingerprint density at radius 2 is 1.73 bits per heavy atom. The first kappa shape index (κ1) is 13.9. The molecule has 110 valence electrons. The van der Waals surface area contributed by atoms with Gasteiger partial charge in [-0.1, -0.05) is 36.4 Å². The van der Waals surface area contributed by atoms with Crippen molar-refractivity contribution in [2.24, 2.45) is 0 Å². The Morgan fingerprint density at radius 3 is 2.45 bits per heavy atom. The highest BCUT2D eigenvalue weighted by atomic mass is 19.1. The number of halogens is 1. The van der Waals surface area contributed by atoms with Gasteiger partial charge in [0, 0.05) is 11.1 Å². The second-order valence-electron chi connectivity index (χ2n) is 4.55. The second kappa shape index (κ2) is 5.77. The predicted octanol–water partition coefficient (Wildman–Crippen LogP) is 2.94. The van der Waals surface area contributed by atoms with Crippen LogP contribution in [-0.2, 0) is 0 Å².